The molecule has 1 saturated heterocycles. The molecule has 0 aromatic heterocycles. The van der Waals surface area contributed by atoms with E-state index in [1.807, 2.05) is 12.1 Å². The van der Waals surface area contributed by atoms with Gasteiger partial charge >= 0.3 is 0 Å². The Hall–Kier alpha value is -3.35. The SMILES string of the molecule is COc1ccccc1C(=O)N1CCC(C(=O)Nc2cccc(NC(C)=O)c2)CC1. The maximum Gasteiger partial charge on any atom is 0.257 e. The fourth-order valence-electron chi connectivity index (χ4n) is 3.46. The number of benzene rings is 2. The molecule has 1 aliphatic heterocycles. The third-order valence-electron chi connectivity index (χ3n) is 4.94. The largest absolute Gasteiger partial charge is 0.496 e. The van der Waals surface area contributed by atoms with Gasteiger partial charge in [-0.2, -0.15) is 0 Å². The molecule has 3 amide bonds. The van der Waals surface area contributed by atoms with E-state index in [0.717, 1.165) is 0 Å². The van der Waals surface area contributed by atoms with Crippen LogP contribution in [-0.4, -0.2) is 42.8 Å². The van der Waals surface area contributed by atoms with E-state index < -0.39 is 0 Å². The topological polar surface area (TPSA) is 87.7 Å². The Morgan fingerprint density at radius 1 is 0.966 bits per heavy atom. The number of para-hydroxylation sites is 1. The summed E-state index contributed by atoms with van der Waals surface area (Å²) in [6, 6.07) is 14.2. The molecule has 0 spiro atoms. The van der Waals surface area contributed by atoms with Gasteiger partial charge in [-0.1, -0.05) is 18.2 Å². The van der Waals surface area contributed by atoms with Gasteiger partial charge in [0.25, 0.3) is 5.91 Å². The molecular formula is C22H25N3O4. The van der Waals surface area contributed by atoms with Crippen LogP contribution >= 0.6 is 0 Å². The van der Waals surface area contributed by atoms with Gasteiger partial charge in [0, 0.05) is 37.3 Å². The van der Waals surface area contributed by atoms with Gasteiger partial charge in [0.15, 0.2) is 0 Å². The molecule has 0 atom stereocenters. The second kappa shape index (κ2) is 9.23. The van der Waals surface area contributed by atoms with Crippen LogP contribution in [0.5, 0.6) is 5.75 Å². The molecular weight excluding hydrogens is 370 g/mol. The molecule has 0 saturated carbocycles. The Morgan fingerprint density at radius 2 is 1.62 bits per heavy atom. The minimum atomic E-state index is -0.166. The van der Waals surface area contributed by atoms with E-state index in [0.29, 0.717) is 48.6 Å². The van der Waals surface area contributed by atoms with E-state index in [-0.39, 0.29) is 23.6 Å². The molecule has 29 heavy (non-hydrogen) atoms. The van der Waals surface area contributed by atoms with Crippen LogP contribution in [0.1, 0.15) is 30.1 Å². The zero-order valence-electron chi connectivity index (χ0n) is 16.6. The van der Waals surface area contributed by atoms with Crippen molar-refractivity contribution in [2.24, 2.45) is 5.92 Å². The first kappa shape index (κ1) is 20.4. The summed E-state index contributed by atoms with van der Waals surface area (Å²) in [5, 5.41) is 5.60. The number of carbonyl (C=O) groups excluding carboxylic acids is 3. The number of nitrogens with one attached hydrogen (secondary N) is 2. The highest BCUT2D eigenvalue weighted by atomic mass is 16.5. The van der Waals surface area contributed by atoms with Crippen molar-refractivity contribution in [2.45, 2.75) is 19.8 Å². The predicted octanol–water partition coefficient (Wildman–Crippen LogP) is 3.14. The van der Waals surface area contributed by atoms with Crippen LogP contribution in [0.25, 0.3) is 0 Å². The number of anilines is 2. The highest BCUT2D eigenvalue weighted by molar-refractivity contribution is 5.97. The number of hydrogen-bond acceptors (Lipinski definition) is 4. The van der Waals surface area contributed by atoms with Crippen molar-refractivity contribution in [1.29, 1.82) is 0 Å². The maximum atomic E-state index is 12.8. The van der Waals surface area contributed by atoms with E-state index in [1.54, 1.807) is 48.4 Å². The average molecular weight is 395 g/mol. The van der Waals surface area contributed by atoms with Gasteiger partial charge in [-0.3, -0.25) is 14.4 Å². The van der Waals surface area contributed by atoms with Crippen molar-refractivity contribution in [1.82, 2.24) is 4.90 Å². The van der Waals surface area contributed by atoms with Gasteiger partial charge in [-0.05, 0) is 43.2 Å². The number of carbonyl (C=O) groups is 3. The summed E-state index contributed by atoms with van der Waals surface area (Å²) >= 11 is 0. The standard InChI is InChI=1S/C22H25N3O4/c1-15(26)23-17-6-5-7-18(14-17)24-21(27)16-10-12-25(13-11-16)22(28)19-8-3-4-9-20(19)29-2/h3-9,14,16H,10-13H2,1-2H3,(H,23,26)(H,24,27). The molecule has 0 unspecified atom stereocenters. The van der Waals surface area contributed by atoms with Crippen molar-refractivity contribution in [3.05, 3.63) is 54.1 Å². The Labute approximate surface area is 170 Å². The molecule has 152 valence electrons. The second-order valence-electron chi connectivity index (χ2n) is 7.02. The molecule has 0 radical (unpaired) electrons. The lowest BCUT2D eigenvalue weighted by molar-refractivity contribution is -0.121. The van der Waals surface area contributed by atoms with Crippen LogP contribution in [0.4, 0.5) is 11.4 Å². The van der Waals surface area contributed by atoms with Gasteiger partial charge < -0.3 is 20.3 Å². The van der Waals surface area contributed by atoms with E-state index in [9.17, 15) is 14.4 Å². The van der Waals surface area contributed by atoms with Gasteiger partial charge in [-0.15, -0.1) is 0 Å². The predicted molar refractivity (Wildman–Crippen MR) is 111 cm³/mol. The van der Waals surface area contributed by atoms with Crippen molar-refractivity contribution in [3.63, 3.8) is 0 Å². The van der Waals surface area contributed by atoms with E-state index in [1.165, 1.54) is 6.92 Å². The summed E-state index contributed by atoms with van der Waals surface area (Å²) in [6.45, 7) is 2.47. The van der Waals surface area contributed by atoms with Crippen LogP contribution in [0.15, 0.2) is 48.5 Å². The smallest absolute Gasteiger partial charge is 0.257 e. The van der Waals surface area contributed by atoms with Crippen LogP contribution in [-0.2, 0) is 9.59 Å². The number of likely N-dealkylation sites (tertiary alicyclic amines) is 1. The molecule has 7 heteroatoms. The first-order chi connectivity index (χ1) is 14.0. The molecule has 0 bridgehead atoms. The van der Waals surface area contributed by atoms with Gasteiger partial charge in [0.2, 0.25) is 11.8 Å². The van der Waals surface area contributed by atoms with Crippen molar-refractivity contribution in [3.8, 4) is 5.75 Å². The lowest BCUT2D eigenvalue weighted by atomic mass is 9.95. The quantitative estimate of drug-likeness (QED) is 0.814. The van der Waals surface area contributed by atoms with Gasteiger partial charge in [0.1, 0.15) is 5.75 Å². The molecule has 2 N–H and O–H groups in total. The van der Waals surface area contributed by atoms with Crippen LogP contribution < -0.4 is 15.4 Å². The molecule has 1 aliphatic rings. The minimum Gasteiger partial charge on any atom is -0.496 e. The van der Waals surface area contributed by atoms with Crippen LogP contribution in [0.3, 0.4) is 0 Å². The number of amides is 3. The minimum absolute atomic E-state index is 0.0747. The van der Waals surface area contributed by atoms with Crippen molar-refractivity contribution >= 4 is 29.1 Å². The van der Waals surface area contributed by atoms with Crippen molar-refractivity contribution < 1.29 is 19.1 Å². The normalized spacial score (nSPS) is 14.2. The maximum absolute atomic E-state index is 12.8. The zero-order chi connectivity index (χ0) is 20.8. The second-order valence-corrected chi connectivity index (χ2v) is 7.02. The monoisotopic (exact) mass is 395 g/mol. The van der Waals surface area contributed by atoms with Gasteiger partial charge in [-0.25, -0.2) is 0 Å². The van der Waals surface area contributed by atoms with Crippen LogP contribution in [0, 0.1) is 5.92 Å². The van der Waals surface area contributed by atoms with Gasteiger partial charge in [0.05, 0.1) is 12.7 Å². The molecule has 0 aliphatic carbocycles. The number of rotatable bonds is 5. The van der Waals surface area contributed by atoms with E-state index >= 15 is 0 Å². The fourth-order valence-corrected chi connectivity index (χ4v) is 3.46. The average Bonchev–Trinajstić information content (AvgIpc) is 2.73. The summed E-state index contributed by atoms with van der Waals surface area (Å²) in [5.41, 5.74) is 1.80. The molecule has 2 aromatic rings. The summed E-state index contributed by atoms with van der Waals surface area (Å²) in [6.07, 6.45) is 1.19. The summed E-state index contributed by atoms with van der Waals surface area (Å²) in [5.74, 6) is 0.0665. The first-order valence-electron chi connectivity index (χ1n) is 9.58. The Morgan fingerprint density at radius 3 is 2.28 bits per heavy atom. The van der Waals surface area contributed by atoms with E-state index in [4.69, 9.17) is 4.74 Å². The molecule has 2 aromatic carbocycles. The Bertz CT molecular complexity index is 904. The number of nitrogens with zero attached hydrogens (tertiary/aromatic N) is 1. The summed E-state index contributed by atoms with van der Waals surface area (Å²) < 4.78 is 5.28. The van der Waals surface area contributed by atoms with Crippen LogP contribution in [0.2, 0.25) is 0 Å². The first-order valence-corrected chi connectivity index (χ1v) is 9.58. The highest BCUT2D eigenvalue weighted by Gasteiger charge is 2.28. The third kappa shape index (κ3) is 5.13. The summed E-state index contributed by atoms with van der Waals surface area (Å²) in [7, 11) is 1.55. The lowest BCUT2D eigenvalue weighted by Crippen LogP contribution is -2.41. The lowest BCUT2D eigenvalue weighted by Gasteiger charge is -2.31. The Balaban J connectivity index is 1.57. The summed E-state index contributed by atoms with van der Waals surface area (Å²) in [4.78, 5) is 38.4. The van der Waals surface area contributed by atoms with E-state index in [2.05, 4.69) is 10.6 Å². The number of ether oxygens (including phenoxy) is 1. The molecule has 1 heterocycles. The Kier molecular flexibility index (Phi) is 6.49. The zero-order valence-corrected chi connectivity index (χ0v) is 16.6. The number of hydrogen-bond donors (Lipinski definition) is 2. The number of methoxy groups -OCH3 is 1. The molecule has 1 fully saturated rings. The molecule has 3 rings (SSSR count). The molecule has 7 nitrogen and oxygen atoms in total. The fraction of sp³-hybridized carbons (Fsp3) is 0.318. The third-order valence-corrected chi connectivity index (χ3v) is 4.94. The number of piperidine rings is 1. The van der Waals surface area contributed by atoms with Crippen molar-refractivity contribution in [2.75, 3.05) is 30.8 Å². The highest BCUT2D eigenvalue weighted by Crippen LogP contribution is 2.25.